The number of rotatable bonds is 6. The van der Waals surface area contributed by atoms with Gasteiger partial charge in [-0.1, -0.05) is 12.1 Å². The maximum absolute atomic E-state index is 12.0. The fourth-order valence-corrected chi connectivity index (χ4v) is 4.09. The molecular formula is C21H28N4O2. The van der Waals surface area contributed by atoms with Crippen LogP contribution in [-0.4, -0.2) is 35.2 Å². The molecule has 4 rings (SSSR count). The second-order valence-corrected chi connectivity index (χ2v) is 7.58. The zero-order chi connectivity index (χ0) is 18.5. The van der Waals surface area contributed by atoms with Gasteiger partial charge >= 0.3 is 0 Å². The Kier molecular flexibility index (Phi) is 5.72. The Morgan fingerprint density at radius 1 is 1.22 bits per heavy atom. The molecule has 2 aromatic rings. The minimum absolute atomic E-state index is 0.116. The van der Waals surface area contributed by atoms with Crippen molar-refractivity contribution in [3.8, 4) is 5.75 Å². The van der Waals surface area contributed by atoms with Crippen LogP contribution in [0.2, 0.25) is 0 Å². The molecule has 0 spiro atoms. The van der Waals surface area contributed by atoms with E-state index in [4.69, 9.17) is 4.74 Å². The molecule has 1 saturated carbocycles. The summed E-state index contributed by atoms with van der Waals surface area (Å²) in [5.41, 5.74) is 1.12. The molecule has 0 amide bonds. The van der Waals surface area contributed by atoms with Gasteiger partial charge in [-0.15, -0.1) is 0 Å². The Bertz CT molecular complexity index is 801. The SMILES string of the molecule is O=c1[nH]ccnc1N1CCC[C@H](NCc2cccc(OC3CCCC3)c2)C1. The number of hydrogen-bond donors (Lipinski definition) is 2. The van der Waals surface area contributed by atoms with Gasteiger partial charge in [-0.3, -0.25) is 4.79 Å². The summed E-state index contributed by atoms with van der Waals surface area (Å²) < 4.78 is 6.11. The van der Waals surface area contributed by atoms with Crippen molar-refractivity contribution in [2.45, 2.75) is 57.2 Å². The maximum Gasteiger partial charge on any atom is 0.290 e. The number of aromatic nitrogens is 2. The van der Waals surface area contributed by atoms with Crippen LogP contribution in [0.25, 0.3) is 0 Å². The molecule has 1 aromatic carbocycles. The second-order valence-electron chi connectivity index (χ2n) is 7.58. The smallest absolute Gasteiger partial charge is 0.290 e. The number of piperidine rings is 1. The van der Waals surface area contributed by atoms with E-state index in [1.807, 2.05) is 0 Å². The Labute approximate surface area is 160 Å². The van der Waals surface area contributed by atoms with E-state index >= 15 is 0 Å². The Morgan fingerprint density at radius 2 is 2.11 bits per heavy atom. The lowest BCUT2D eigenvalue weighted by Gasteiger charge is -2.33. The summed E-state index contributed by atoms with van der Waals surface area (Å²) in [4.78, 5) is 21.0. The minimum Gasteiger partial charge on any atom is -0.490 e. The predicted molar refractivity (Wildman–Crippen MR) is 106 cm³/mol. The third-order valence-electron chi connectivity index (χ3n) is 5.51. The zero-order valence-corrected chi connectivity index (χ0v) is 15.7. The Balaban J connectivity index is 1.33. The molecule has 0 radical (unpaired) electrons. The Morgan fingerprint density at radius 3 is 2.96 bits per heavy atom. The van der Waals surface area contributed by atoms with Crippen LogP contribution in [0, 0.1) is 0 Å². The number of benzene rings is 1. The predicted octanol–water partition coefficient (Wildman–Crippen LogP) is 2.85. The highest BCUT2D eigenvalue weighted by Crippen LogP contribution is 2.24. The highest BCUT2D eigenvalue weighted by Gasteiger charge is 2.22. The van der Waals surface area contributed by atoms with E-state index in [9.17, 15) is 4.79 Å². The quantitative estimate of drug-likeness (QED) is 0.820. The van der Waals surface area contributed by atoms with Gasteiger partial charge in [0.1, 0.15) is 5.75 Å². The van der Waals surface area contributed by atoms with Gasteiger partial charge < -0.3 is 19.9 Å². The number of anilines is 1. The zero-order valence-electron chi connectivity index (χ0n) is 15.7. The van der Waals surface area contributed by atoms with Crippen molar-refractivity contribution in [1.29, 1.82) is 0 Å². The van der Waals surface area contributed by atoms with Crippen LogP contribution in [0.1, 0.15) is 44.1 Å². The largest absolute Gasteiger partial charge is 0.490 e. The second kappa shape index (κ2) is 8.57. The first kappa shape index (κ1) is 18.0. The number of nitrogens with one attached hydrogen (secondary N) is 2. The van der Waals surface area contributed by atoms with Gasteiger partial charge in [0.05, 0.1) is 6.10 Å². The molecule has 2 heterocycles. The fraction of sp³-hybridized carbons (Fsp3) is 0.524. The number of aromatic amines is 1. The van der Waals surface area contributed by atoms with Gasteiger partial charge in [-0.05, 0) is 56.2 Å². The van der Waals surface area contributed by atoms with Crippen molar-refractivity contribution in [2.24, 2.45) is 0 Å². The molecule has 2 aliphatic rings. The molecular weight excluding hydrogens is 340 g/mol. The van der Waals surface area contributed by atoms with Crippen LogP contribution in [0.3, 0.4) is 0 Å². The summed E-state index contributed by atoms with van der Waals surface area (Å²) in [6.45, 7) is 2.49. The van der Waals surface area contributed by atoms with E-state index in [1.54, 1.807) is 12.4 Å². The van der Waals surface area contributed by atoms with E-state index in [0.29, 0.717) is 18.0 Å². The molecule has 1 aliphatic carbocycles. The van der Waals surface area contributed by atoms with E-state index in [-0.39, 0.29) is 5.56 Å². The van der Waals surface area contributed by atoms with Gasteiger partial charge in [0.15, 0.2) is 5.82 Å². The van der Waals surface area contributed by atoms with Crippen LogP contribution in [0.15, 0.2) is 41.5 Å². The lowest BCUT2D eigenvalue weighted by Crippen LogP contribution is -2.47. The molecule has 1 aromatic heterocycles. The number of ether oxygens (including phenoxy) is 1. The summed E-state index contributed by atoms with van der Waals surface area (Å²) >= 11 is 0. The van der Waals surface area contributed by atoms with Crippen LogP contribution >= 0.6 is 0 Å². The molecule has 27 heavy (non-hydrogen) atoms. The topological polar surface area (TPSA) is 70.2 Å². The fourth-order valence-electron chi connectivity index (χ4n) is 4.09. The lowest BCUT2D eigenvalue weighted by atomic mass is 10.1. The summed E-state index contributed by atoms with van der Waals surface area (Å²) in [5, 5.41) is 3.64. The average molecular weight is 368 g/mol. The molecule has 0 unspecified atom stereocenters. The number of hydrogen-bond acceptors (Lipinski definition) is 5. The maximum atomic E-state index is 12.0. The number of H-pyrrole nitrogens is 1. The third kappa shape index (κ3) is 4.69. The third-order valence-corrected chi connectivity index (χ3v) is 5.51. The first-order valence-corrected chi connectivity index (χ1v) is 10.1. The van der Waals surface area contributed by atoms with Crippen molar-refractivity contribution in [1.82, 2.24) is 15.3 Å². The highest BCUT2D eigenvalue weighted by atomic mass is 16.5. The van der Waals surface area contributed by atoms with Crippen LogP contribution < -0.4 is 20.5 Å². The van der Waals surface area contributed by atoms with Gasteiger partial charge in [0.25, 0.3) is 5.56 Å². The molecule has 1 aliphatic heterocycles. The van der Waals surface area contributed by atoms with Crippen molar-refractivity contribution < 1.29 is 4.74 Å². The molecule has 1 atom stereocenters. The summed E-state index contributed by atoms with van der Waals surface area (Å²) in [6.07, 6.45) is 10.7. The monoisotopic (exact) mass is 368 g/mol. The first-order chi connectivity index (χ1) is 13.3. The molecule has 6 nitrogen and oxygen atoms in total. The molecule has 1 saturated heterocycles. The van der Waals surface area contributed by atoms with Crippen molar-refractivity contribution in [3.05, 3.63) is 52.6 Å². The Hall–Kier alpha value is -2.34. The van der Waals surface area contributed by atoms with Crippen molar-refractivity contribution in [2.75, 3.05) is 18.0 Å². The highest BCUT2D eigenvalue weighted by molar-refractivity contribution is 5.36. The van der Waals surface area contributed by atoms with E-state index in [0.717, 1.165) is 38.2 Å². The van der Waals surface area contributed by atoms with Gasteiger partial charge in [-0.25, -0.2) is 4.98 Å². The van der Waals surface area contributed by atoms with Gasteiger partial charge in [0.2, 0.25) is 0 Å². The van der Waals surface area contributed by atoms with Crippen LogP contribution in [0.4, 0.5) is 5.82 Å². The molecule has 2 fully saturated rings. The van der Waals surface area contributed by atoms with Gasteiger partial charge in [-0.2, -0.15) is 0 Å². The standard InChI is InChI=1S/C21H28N4O2/c26-21-20(22-10-11-23-21)25-12-4-6-17(15-25)24-14-16-5-3-9-19(13-16)27-18-7-1-2-8-18/h3,5,9-11,13,17-18,24H,1-2,4,6-8,12,14-15H2,(H,23,26)/t17-/m0/s1. The summed E-state index contributed by atoms with van der Waals surface area (Å²) in [5.74, 6) is 1.50. The molecule has 0 bridgehead atoms. The average Bonchev–Trinajstić information content (AvgIpc) is 3.20. The lowest BCUT2D eigenvalue weighted by molar-refractivity contribution is 0.210. The molecule has 2 N–H and O–H groups in total. The van der Waals surface area contributed by atoms with Crippen molar-refractivity contribution >= 4 is 5.82 Å². The number of nitrogens with zero attached hydrogens (tertiary/aromatic N) is 2. The van der Waals surface area contributed by atoms with E-state index in [1.165, 1.54) is 31.2 Å². The van der Waals surface area contributed by atoms with E-state index < -0.39 is 0 Å². The summed E-state index contributed by atoms with van der Waals surface area (Å²) in [7, 11) is 0. The van der Waals surface area contributed by atoms with Crippen LogP contribution in [-0.2, 0) is 6.54 Å². The normalized spacial score (nSPS) is 20.7. The first-order valence-electron chi connectivity index (χ1n) is 10.1. The summed E-state index contributed by atoms with van der Waals surface area (Å²) in [6, 6.07) is 8.76. The van der Waals surface area contributed by atoms with Gasteiger partial charge in [0, 0.05) is 38.1 Å². The molecule has 6 heteroatoms. The molecule has 144 valence electrons. The van der Waals surface area contributed by atoms with Crippen molar-refractivity contribution in [3.63, 3.8) is 0 Å². The minimum atomic E-state index is -0.116. The van der Waals surface area contributed by atoms with Crippen LogP contribution in [0.5, 0.6) is 5.75 Å². The van der Waals surface area contributed by atoms with E-state index in [2.05, 4.69) is 44.5 Å².